The Morgan fingerprint density at radius 1 is 1.02 bits per heavy atom. The van der Waals surface area contributed by atoms with E-state index >= 15 is 0 Å². The molecule has 0 radical (unpaired) electrons. The highest BCUT2D eigenvalue weighted by atomic mass is 32.2. The molecule has 4 rings (SSSR count). The number of benzene rings is 3. The van der Waals surface area contributed by atoms with Crippen LogP contribution in [-0.4, -0.2) is 46.6 Å². The number of rotatable bonds is 12. The molecule has 3 aromatic carbocycles. The molecule has 1 aliphatic rings. The SMILES string of the molecule is CCOC(=O)[C@@H]1CCCN(c2ccc(NC(=O)COCc3ccccc3)cc2S(=O)(=O)N[C@@H](C)c2ccccc2)C1. The number of amides is 1. The minimum atomic E-state index is -4.04. The molecule has 1 fully saturated rings. The first-order valence-electron chi connectivity index (χ1n) is 13.8. The van der Waals surface area contributed by atoms with E-state index in [1.54, 1.807) is 26.0 Å². The highest BCUT2D eigenvalue weighted by molar-refractivity contribution is 7.89. The van der Waals surface area contributed by atoms with Gasteiger partial charge in [0.25, 0.3) is 0 Å². The van der Waals surface area contributed by atoms with Crippen molar-refractivity contribution in [2.45, 2.75) is 44.2 Å². The van der Waals surface area contributed by atoms with E-state index in [1.165, 1.54) is 6.07 Å². The van der Waals surface area contributed by atoms with Crippen LogP contribution < -0.4 is 14.9 Å². The smallest absolute Gasteiger partial charge is 0.310 e. The second-order valence-electron chi connectivity index (χ2n) is 10.00. The van der Waals surface area contributed by atoms with Crippen molar-refractivity contribution in [2.75, 3.05) is 36.5 Å². The molecule has 2 atom stereocenters. The highest BCUT2D eigenvalue weighted by Gasteiger charge is 2.31. The third-order valence-corrected chi connectivity index (χ3v) is 8.46. The topological polar surface area (TPSA) is 114 Å². The summed E-state index contributed by atoms with van der Waals surface area (Å²) in [5.74, 6) is -1.03. The van der Waals surface area contributed by atoms with Crippen molar-refractivity contribution in [2.24, 2.45) is 5.92 Å². The Balaban J connectivity index is 1.56. The molecular formula is C31H37N3O6S. The highest BCUT2D eigenvalue weighted by Crippen LogP contribution is 2.33. The van der Waals surface area contributed by atoms with Crippen molar-refractivity contribution in [3.05, 3.63) is 90.0 Å². The molecule has 1 saturated heterocycles. The van der Waals surface area contributed by atoms with Crippen LogP contribution in [0.2, 0.25) is 0 Å². The van der Waals surface area contributed by atoms with E-state index in [1.807, 2.05) is 65.6 Å². The number of nitrogens with zero attached hydrogens (tertiary/aromatic N) is 1. The maximum atomic E-state index is 13.8. The number of hydrogen-bond donors (Lipinski definition) is 2. The fourth-order valence-electron chi connectivity index (χ4n) is 4.86. The number of anilines is 2. The number of carbonyl (C=O) groups is 2. The summed E-state index contributed by atoms with van der Waals surface area (Å²) in [5, 5.41) is 2.75. The number of carbonyl (C=O) groups excluding carboxylic acids is 2. The summed E-state index contributed by atoms with van der Waals surface area (Å²) in [5.41, 5.74) is 2.55. The standard InChI is InChI=1S/C31H37N3O6S/c1-3-40-31(36)26-15-10-18-34(20-26)28-17-16-27(32-30(35)22-39-21-24-11-6-4-7-12-24)19-29(28)41(37,38)33-23(2)25-13-8-5-9-14-25/h4-9,11-14,16-17,19,23,26,33H,3,10,15,18,20-22H2,1-2H3,(H,32,35)/t23-,26+/m0/s1. The summed E-state index contributed by atoms with van der Waals surface area (Å²) in [7, 11) is -4.04. The van der Waals surface area contributed by atoms with E-state index in [4.69, 9.17) is 9.47 Å². The third kappa shape index (κ3) is 8.39. The summed E-state index contributed by atoms with van der Waals surface area (Å²) >= 11 is 0. The summed E-state index contributed by atoms with van der Waals surface area (Å²) in [4.78, 5) is 27.0. The van der Waals surface area contributed by atoms with Gasteiger partial charge in [-0.05, 0) is 56.0 Å². The second kappa shape index (κ2) is 14.2. The summed E-state index contributed by atoms with van der Waals surface area (Å²) in [6.45, 7) is 4.86. The monoisotopic (exact) mass is 579 g/mol. The molecule has 0 bridgehead atoms. The van der Waals surface area contributed by atoms with Crippen LogP contribution in [0.3, 0.4) is 0 Å². The van der Waals surface area contributed by atoms with Crippen molar-refractivity contribution in [3.8, 4) is 0 Å². The molecular weight excluding hydrogens is 542 g/mol. The number of esters is 1. The lowest BCUT2D eigenvalue weighted by Crippen LogP contribution is -2.40. The Kier molecular flexibility index (Phi) is 10.5. The Bertz CT molecular complexity index is 1420. The first-order valence-corrected chi connectivity index (χ1v) is 15.3. The first-order chi connectivity index (χ1) is 19.8. The largest absolute Gasteiger partial charge is 0.466 e. The predicted molar refractivity (Wildman–Crippen MR) is 158 cm³/mol. The van der Waals surface area contributed by atoms with Crippen LogP contribution in [-0.2, 0) is 35.7 Å². The van der Waals surface area contributed by atoms with Gasteiger partial charge in [-0.1, -0.05) is 60.7 Å². The van der Waals surface area contributed by atoms with Crippen LogP contribution in [0, 0.1) is 5.92 Å². The molecule has 9 nitrogen and oxygen atoms in total. The van der Waals surface area contributed by atoms with Crippen molar-refractivity contribution in [1.29, 1.82) is 0 Å². The van der Waals surface area contributed by atoms with Crippen LogP contribution in [0.15, 0.2) is 83.8 Å². The average Bonchev–Trinajstić information content (AvgIpc) is 2.98. The van der Waals surface area contributed by atoms with Gasteiger partial charge in [0.05, 0.1) is 24.8 Å². The van der Waals surface area contributed by atoms with Crippen LogP contribution in [0.4, 0.5) is 11.4 Å². The molecule has 0 aliphatic carbocycles. The molecule has 1 aliphatic heterocycles. The van der Waals surface area contributed by atoms with Gasteiger partial charge in [0.2, 0.25) is 15.9 Å². The van der Waals surface area contributed by atoms with Crippen molar-refractivity contribution in [1.82, 2.24) is 4.72 Å². The Morgan fingerprint density at radius 3 is 2.44 bits per heavy atom. The van der Waals surface area contributed by atoms with Crippen LogP contribution >= 0.6 is 0 Å². The predicted octanol–water partition coefficient (Wildman–Crippen LogP) is 4.66. The third-order valence-electron chi connectivity index (χ3n) is 6.89. The fourth-order valence-corrected chi connectivity index (χ4v) is 6.34. The molecule has 0 spiro atoms. The van der Waals surface area contributed by atoms with Gasteiger partial charge in [0.15, 0.2) is 0 Å². The molecule has 0 saturated carbocycles. The zero-order chi connectivity index (χ0) is 29.2. The van der Waals surface area contributed by atoms with Crippen LogP contribution in [0.1, 0.15) is 43.9 Å². The van der Waals surface area contributed by atoms with Crippen molar-refractivity contribution >= 4 is 33.3 Å². The van der Waals surface area contributed by atoms with Crippen molar-refractivity contribution < 1.29 is 27.5 Å². The quantitative estimate of drug-likeness (QED) is 0.300. The Hall–Kier alpha value is -3.73. The van der Waals surface area contributed by atoms with E-state index in [2.05, 4.69) is 10.0 Å². The van der Waals surface area contributed by atoms with Gasteiger partial charge in [-0.3, -0.25) is 9.59 Å². The van der Waals surface area contributed by atoms with Gasteiger partial charge in [0, 0.05) is 24.8 Å². The zero-order valence-electron chi connectivity index (χ0n) is 23.4. The van der Waals surface area contributed by atoms with E-state index in [9.17, 15) is 18.0 Å². The zero-order valence-corrected chi connectivity index (χ0v) is 24.2. The van der Waals surface area contributed by atoms with E-state index in [0.29, 0.717) is 43.9 Å². The minimum absolute atomic E-state index is 0.0211. The normalized spacial score (nSPS) is 16.1. The molecule has 218 valence electrons. The molecule has 2 N–H and O–H groups in total. The molecule has 41 heavy (non-hydrogen) atoms. The molecule has 1 amide bonds. The maximum Gasteiger partial charge on any atom is 0.310 e. The Morgan fingerprint density at radius 2 is 1.73 bits per heavy atom. The van der Waals surface area contributed by atoms with E-state index in [-0.39, 0.29) is 30.0 Å². The molecule has 0 aromatic heterocycles. The fraction of sp³-hybridized carbons (Fsp3) is 0.355. The van der Waals surface area contributed by atoms with E-state index < -0.39 is 22.0 Å². The second-order valence-corrected chi connectivity index (χ2v) is 11.7. The number of nitrogens with one attached hydrogen (secondary N) is 2. The summed E-state index contributed by atoms with van der Waals surface area (Å²) in [6, 6.07) is 23.1. The Labute approximate surface area is 241 Å². The van der Waals surface area contributed by atoms with Gasteiger partial charge < -0.3 is 19.7 Å². The average molecular weight is 580 g/mol. The first kappa shape index (κ1) is 30.2. The minimum Gasteiger partial charge on any atom is -0.466 e. The lowest BCUT2D eigenvalue weighted by atomic mass is 9.97. The number of ether oxygens (including phenoxy) is 2. The lowest BCUT2D eigenvalue weighted by molar-refractivity contribution is -0.148. The molecule has 3 aromatic rings. The number of hydrogen-bond acceptors (Lipinski definition) is 7. The van der Waals surface area contributed by atoms with Crippen LogP contribution in [0.5, 0.6) is 0 Å². The maximum absolute atomic E-state index is 13.8. The van der Waals surface area contributed by atoms with Gasteiger partial charge in [-0.15, -0.1) is 0 Å². The molecule has 10 heteroatoms. The molecule has 0 unspecified atom stereocenters. The summed E-state index contributed by atoms with van der Waals surface area (Å²) < 4.78 is 41.1. The van der Waals surface area contributed by atoms with Crippen LogP contribution in [0.25, 0.3) is 0 Å². The number of sulfonamides is 1. The number of piperidine rings is 1. The van der Waals surface area contributed by atoms with Gasteiger partial charge in [-0.25, -0.2) is 13.1 Å². The van der Waals surface area contributed by atoms with E-state index in [0.717, 1.165) is 11.1 Å². The van der Waals surface area contributed by atoms with Gasteiger partial charge in [-0.2, -0.15) is 0 Å². The lowest BCUT2D eigenvalue weighted by Gasteiger charge is -2.34. The van der Waals surface area contributed by atoms with Crippen molar-refractivity contribution in [3.63, 3.8) is 0 Å². The van der Waals surface area contributed by atoms with Gasteiger partial charge in [0.1, 0.15) is 11.5 Å². The molecule has 1 heterocycles. The van der Waals surface area contributed by atoms with Gasteiger partial charge >= 0.3 is 5.97 Å². The summed E-state index contributed by atoms with van der Waals surface area (Å²) in [6.07, 6.45) is 1.39.